The van der Waals surface area contributed by atoms with Gasteiger partial charge >= 0.3 is 17.1 Å². The van der Waals surface area contributed by atoms with E-state index in [9.17, 15) is 4.79 Å². The molecule has 1 aromatic heterocycles. The number of Topliss-reactive ketones (excluding diaryl/α,β-unsaturated/α-hetero) is 1. The molecule has 1 heterocycles. The third-order valence-electron chi connectivity index (χ3n) is 4.04. The van der Waals surface area contributed by atoms with Crippen LogP contribution in [0.2, 0.25) is 0 Å². The molecule has 2 aliphatic carbocycles. The summed E-state index contributed by atoms with van der Waals surface area (Å²) < 4.78 is 6.99. The smallest absolute Gasteiger partial charge is 0.496 e. The van der Waals surface area contributed by atoms with E-state index in [1.54, 1.807) is 31.0 Å². The van der Waals surface area contributed by atoms with Crippen LogP contribution in [0.3, 0.4) is 0 Å². The third kappa shape index (κ3) is 7.13. The second-order valence-corrected chi connectivity index (χ2v) is 5.97. The maximum atomic E-state index is 12.8. The fourth-order valence-electron chi connectivity index (χ4n) is 2.68. The Morgan fingerprint density at radius 1 is 1.03 bits per heavy atom. The van der Waals surface area contributed by atoms with Crippen molar-refractivity contribution >= 4 is 11.9 Å². The molecule has 2 aromatic rings. The first kappa shape index (κ1) is 23.4. The Balaban J connectivity index is 0.000000437. The number of benzene rings is 1. The van der Waals surface area contributed by atoms with Gasteiger partial charge < -0.3 is 4.74 Å². The summed E-state index contributed by atoms with van der Waals surface area (Å²) in [4.78, 5) is 16.7. The molecule has 4 rings (SSSR count). The first-order valence-corrected chi connectivity index (χ1v) is 8.87. The summed E-state index contributed by atoms with van der Waals surface area (Å²) in [5.74, 6) is 1.35. The number of rotatable bonds is 6. The minimum Gasteiger partial charge on any atom is -0.496 e. The molecule has 0 N–H and O–H groups in total. The standard InChI is InChI=1S/C18H16N3O2.C5H5.Fe/c1-23-17-9-5-4-8-15(17)10-16(11-21-13-19-12-20-21)18(22)14-6-2-3-7-14;1-2-4-5-3-1;/h2-10,12-13H,11H2,1H3;1-5H;/q;;+2/b16-10+;;. The Bertz CT molecular complexity index is 757. The number of ketones is 1. The molecule has 1 aromatic carbocycles. The summed E-state index contributed by atoms with van der Waals surface area (Å²) in [6, 6.07) is 7.59. The van der Waals surface area contributed by atoms with Gasteiger partial charge in [0, 0.05) is 11.1 Å². The summed E-state index contributed by atoms with van der Waals surface area (Å²) in [6.45, 7) is 0.349. The Morgan fingerprint density at radius 2 is 1.69 bits per heavy atom. The molecule has 0 spiro atoms. The summed E-state index contributed by atoms with van der Waals surface area (Å²) in [5.41, 5.74) is 1.47. The van der Waals surface area contributed by atoms with Crippen molar-refractivity contribution in [2.75, 3.05) is 7.11 Å². The maximum Gasteiger partial charge on any atom is 2.00 e. The Kier molecular flexibility index (Phi) is 10.2. The molecule has 29 heavy (non-hydrogen) atoms. The van der Waals surface area contributed by atoms with Gasteiger partial charge in [0.15, 0.2) is 5.78 Å². The van der Waals surface area contributed by atoms with Crippen molar-refractivity contribution in [1.29, 1.82) is 0 Å². The van der Waals surface area contributed by atoms with Crippen LogP contribution in [0.15, 0.2) is 42.5 Å². The van der Waals surface area contributed by atoms with Crippen molar-refractivity contribution in [1.82, 2.24) is 14.8 Å². The molecule has 0 unspecified atom stereocenters. The zero-order valence-electron chi connectivity index (χ0n) is 16.0. The van der Waals surface area contributed by atoms with Gasteiger partial charge in [0.1, 0.15) is 18.4 Å². The van der Waals surface area contributed by atoms with E-state index in [1.165, 1.54) is 6.33 Å². The molecule has 0 aliphatic heterocycles. The first-order valence-electron chi connectivity index (χ1n) is 8.87. The molecule has 0 saturated heterocycles. The van der Waals surface area contributed by atoms with Crippen LogP contribution in [0, 0.1) is 63.7 Å². The number of aromatic nitrogens is 3. The number of hydrogen-bond donors (Lipinski definition) is 0. The molecule has 10 radical (unpaired) electrons. The van der Waals surface area contributed by atoms with E-state index in [2.05, 4.69) is 10.1 Å². The zero-order valence-corrected chi connectivity index (χ0v) is 17.1. The van der Waals surface area contributed by atoms with Crippen LogP contribution in [0.1, 0.15) is 5.56 Å². The summed E-state index contributed by atoms with van der Waals surface area (Å²) in [5, 5.41) is 4.09. The van der Waals surface area contributed by atoms with E-state index in [-0.39, 0.29) is 22.9 Å². The number of para-hydroxylation sites is 1. The largest absolute Gasteiger partial charge is 2.00 e. The Morgan fingerprint density at radius 3 is 2.28 bits per heavy atom. The molecule has 0 amide bonds. The number of ether oxygens (including phenoxy) is 1. The van der Waals surface area contributed by atoms with Gasteiger partial charge in [-0.25, -0.2) is 9.67 Å². The van der Waals surface area contributed by atoms with Crippen LogP contribution in [0.25, 0.3) is 6.08 Å². The SMILES string of the molecule is COc1ccccc1/C=C(\Cn1cncn1)C(=O)[C]1[CH][CH][CH][CH]1.[CH]1[CH][CH][CH][CH]1.[Fe+2]. The summed E-state index contributed by atoms with van der Waals surface area (Å²) in [6.07, 6.45) is 22.2. The van der Waals surface area contributed by atoms with Gasteiger partial charge in [0.05, 0.1) is 19.6 Å². The van der Waals surface area contributed by atoms with Crippen LogP contribution in [0.4, 0.5) is 0 Å². The topological polar surface area (TPSA) is 57.0 Å². The van der Waals surface area contributed by atoms with Gasteiger partial charge in [-0.05, 0) is 69.9 Å². The Labute approximate surface area is 184 Å². The van der Waals surface area contributed by atoms with E-state index in [0.29, 0.717) is 18.0 Å². The zero-order chi connectivity index (χ0) is 19.6. The second kappa shape index (κ2) is 12.6. The van der Waals surface area contributed by atoms with Crippen molar-refractivity contribution < 1.29 is 26.6 Å². The van der Waals surface area contributed by atoms with Crippen molar-refractivity contribution in [3.05, 3.63) is 112 Å². The van der Waals surface area contributed by atoms with Crippen LogP contribution in [0.5, 0.6) is 5.75 Å². The van der Waals surface area contributed by atoms with E-state index < -0.39 is 0 Å². The number of nitrogens with zero attached hydrogens (tertiary/aromatic N) is 3. The number of hydrogen-bond acceptors (Lipinski definition) is 4. The average Bonchev–Trinajstić information content (AvgIpc) is 3.52. The van der Waals surface area contributed by atoms with Gasteiger partial charge in [0.2, 0.25) is 0 Å². The fraction of sp³-hybridized carbons (Fsp3) is 0.0870. The van der Waals surface area contributed by atoms with Crippen molar-refractivity contribution in [2.24, 2.45) is 0 Å². The molecule has 2 fully saturated rings. The fourth-order valence-corrected chi connectivity index (χ4v) is 2.68. The molecule has 2 saturated carbocycles. The van der Waals surface area contributed by atoms with E-state index in [0.717, 1.165) is 11.3 Å². The van der Waals surface area contributed by atoms with E-state index in [4.69, 9.17) is 4.74 Å². The number of allylic oxidation sites excluding steroid dienone is 1. The minimum absolute atomic E-state index is 0. The third-order valence-corrected chi connectivity index (χ3v) is 4.04. The number of carbonyl (C=O) groups excluding carboxylic acids is 1. The molecule has 2 aliphatic rings. The molecule has 0 atom stereocenters. The first-order chi connectivity index (χ1) is 13.8. The van der Waals surface area contributed by atoms with Crippen LogP contribution < -0.4 is 4.74 Å². The average molecular weight is 427 g/mol. The van der Waals surface area contributed by atoms with E-state index >= 15 is 0 Å². The normalized spacial score (nSPS) is 16.7. The van der Waals surface area contributed by atoms with Gasteiger partial charge in [0.25, 0.3) is 0 Å². The molecule has 146 valence electrons. The molecule has 0 bridgehead atoms. The number of methoxy groups -OCH3 is 1. The van der Waals surface area contributed by atoms with Crippen LogP contribution in [-0.4, -0.2) is 27.7 Å². The van der Waals surface area contributed by atoms with E-state index in [1.807, 2.05) is 75.3 Å². The van der Waals surface area contributed by atoms with Crippen LogP contribution >= 0.6 is 0 Å². The van der Waals surface area contributed by atoms with Gasteiger partial charge in [-0.3, -0.25) is 4.79 Å². The minimum atomic E-state index is -0.0311. The Hall–Kier alpha value is -1.91. The van der Waals surface area contributed by atoms with Gasteiger partial charge in [-0.15, -0.1) is 0 Å². The van der Waals surface area contributed by atoms with Crippen molar-refractivity contribution in [3.63, 3.8) is 0 Å². The molecule has 6 heteroatoms. The predicted molar refractivity (Wildman–Crippen MR) is 108 cm³/mol. The van der Waals surface area contributed by atoms with Gasteiger partial charge in [-0.2, -0.15) is 5.10 Å². The van der Waals surface area contributed by atoms with Crippen LogP contribution in [-0.2, 0) is 28.4 Å². The quantitative estimate of drug-likeness (QED) is 0.524. The number of carbonyl (C=O) groups is 1. The summed E-state index contributed by atoms with van der Waals surface area (Å²) in [7, 11) is 1.61. The molecule has 5 nitrogen and oxygen atoms in total. The van der Waals surface area contributed by atoms with Crippen molar-refractivity contribution in [3.8, 4) is 5.75 Å². The molecular weight excluding hydrogens is 406 g/mol. The van der Waals surface area contributed by atoms with Gasteiger partial charge in [-0.1, -0.05) is 18.2 Å². The second-order valence-electron chi connectivity index (χ2n) is 5.97. The predicted octanol–water partition coefficient (Wildman–Crippen LogP) is 3.36. The maximum absolute atomic E-state index is 12.8. The van der Waals surface area contributed by atoms with Crippen molar-refractivity contribution in [2.45, 2.75) is 6.54 Å². The molecular formula is C23H21FeN3O2+2. The monoisotopic (exact) mass is 427 g/mol. The summed E-state index contributed by atoms with van der Waals surface area (Å²) >= 11 is 0.